The van der Waals surface area contributed by atoms with Crippen molar-refractivity contribution in [3.8, 4) is 0 Å². The molecule has 0 radical (unpaired) electrons. The number of aliphatic carboxylic acids is 1. The summed E-state index contributed by atoms with van der Waals surface area (Å²) in [5.74, 6) is -1.37. The fraction of sp³-hybridized carbons (Fsp3) is 0.469. The maximum Gasteiger partial charge on any atom is 0.330 e. The second-order valence-electron chi connectivity index (χ2n) is 10.9. The lowest BCUT2D eigenvalue weighted by Crippen LogP contribution is -2.55. The number of carboxylic acids is 1. The van der Waals surface area contributed by atoms with Crippen molar-refractivity contribution in [2.24, 2.45) is 5.92 Å². The summed E-state index contributed by atoms with van der Waals surface area (Å²) >= 11 is 0. The van der Waals surface area contributed by atoms with Gasteiger partial charge in [-0.2, -0.15) is 0 Å². The molecule has 8 heteroatoms. The van der Waals surface area contributed by atoms with Crippen LogP contribution in [0.5, 0.6) is 0 Å². The van der Waals surface area contributed by atoms with E-state index in [2.05, 4.69) is 17.2 Å². The second kappa shape index (κ2) is 13.0. The van der Waals surface area contributed by atoms with Gasteiger partial charge in [-0.15, -0.1) is 0 Å². The molecule has 1 aromatic carbocycles. The van der Waals surface area contributed by atoms with Crippen LogP contribution in [0.1, 0.15) is 58.8 Å². The monoisotopic (exact) mass is 547 g/mol. The SMILES string of the molecule is C=C(/C=C\C)/C(=C\C)O[C@@H]1C[C@H]2C(=O)N[C@]3(C(=O)O)C[C@H]3/C=C\CCCCC[C@H](Nc3ccccc3)C(=O)N2C1. The summed E-state index contributed by atoms with van der Waals surface area (Å²) in [6, 6.07) is 8.20. The number of benzene rings is 1. The maximum atomic E-state index is 14.1. The molecule has 3 aliphatic rings. The molecule has 214 valence electrons. The average Bonchev–Trinajstić information content (AvgIpc) is 3.47. The number of amides is 2. The van der Waals surface area contributed by atoms with Crippen LogP contribution in [-0.2, 0) is 19.1 Å². The summed E-state index contributed by atoms with van der Waals surface area (Å²) in [4.78, 5) is 41.7. The first-order valence-corrected chi connectivity index (χ1v) is 14.3. The number of nitrogens with one attached hydrogen (secondary N) is 2. The number of anilines is 1. The van der Waals surface area contributed by atoms with Crippen LogP contribution in [0.25, 0.3) is 0 Å². The van der Waals surface area contributed by atoms with Crippen LogP contribution < -0.4 is 10.6 Å². The van der Waals surface area contributed by atoms with Crippen LogP contribution in [0.4, 0.5) is 5.69 Å². The summed E-state index contributed by atoms with van der Waals surface area (Å²) in [7, 11) is 0. The van der Waals surface area contributed by atoms with Crippen molar-refractivity contribution in [3.63, 3.8) is 0 Å². The van der Waals surface area contributed by atoms with Gasteiger partial charge in [-0.1, -0.05) is 61.9 Å². The number of hydrogen-bond donors (Lipinski definition) is 3. The van der Waals surface area contributed by atoms with Gasteiger partial charge in [-0.05, 0) is 57.7 Å². The normalized spacial score (nSPS) is 30.4. The third-order valence-corrected chi connectivity index (χ3v) is 7.98. The Labute approximate surface area is 236 Å². The number of allylic oxidation sites excluding steroid dienone is 4. The minimum absolute atomic E-state index is 0.186. The van der Waals surface area contributed by atoms with Crippen LogP contribution in [0.15, 0.2) is 78.6 Å². The molecule has 0 aromatic heterocycles. The first-order valence-electron chi connectivity index (χ1n) is 14.3. The smallest absolute Gasteiger partial charge is 0.330 e. The Balaban J connectivity index is 1.63. The number of carbonyl (C=O) groups excluding carboxylic acids is 2. The number of ether oxygens (including phenoxy) is 1. The summed E-state index contributed by atoms with van der Waals surface area (Å²) in [5.41, 5.74) is 0.197. The molecule has 0 bridgehead atoms. The molecular formula is C32H41N3O5. The Kier molecular flexibility index (Phi) is 9.50. The van der Waals surface area contributed by atoms with Crippen molar-refractivity contribution in [2.75, 3.05) is 11.9 Å². The predicted octanol–water partition coefficient (Wildman–Crippen LogP) is 4.97. The third-order valence-electron chi connectivity index (χ3n) is 7.98. The minimum Gasteiger partial charge on any atom is -0.488 e. The van der Waals surface area contributed by atoms with Crippen LogP contribution in [-0.4, -0.2) is 58.1 Å². The standard InChI is InChI=1S/C32H41N3O5/c1-4-14-22(3)28(5-2)40-25-19-27-29(36)34-32(31(38)39)20-23(32)15-10-7-6-8-13-18-26(30(37)35(27)21-25)33-24-16-11-9-12-17-24/h4-5,9-12,14-17,23,25-27,33H,3,6-8,13,18-21H2,1-2H3,(H,34,36)(H,38,39)/b14-4-,15-10-,28-5+/t23-,25-,26+,27+,32-/m1/s1. The highest BCUT2D eigenvalue weighted by atomic mass is 16.5. The zero-order valence-electron chi connectivity index (χ0n) is 23.5. The van der Waals surface area contributed by atoms with Gasteiger partial charge in [0.1, 0.15) is 29.5 Å². The maximum absolute atomic E-state index is 14.1. The first-order chi connectivity index (χ1) is 19.3. The number of hydrogen-bond acceptors (Lipinski definition) is 5. The van der Waals surface area contributed by atoms with Gasteiger partial charge in [-0.25, -0.2) is 4.79 Å². The van der Waals surface area contributed by atoms with E-state index in [-0.39, 0.29) is 24.8 Å². The molecule has 3 N–H and O–H groups in total. The van der Waals surface area contributed by atoms with E-state index in [4.69, 9.17) is 4.74 Å². The first kappa shape index (κ1) is 29.2. The Morgan fingerprint density at radius 3 is 2.67 bits per heavy atom. The van der Waals surface area contributed by atoms with E-state index in [0.29, 0.717) is 24.2 Å². The van der Waals surface area contributed by atoms with Crippen LogP contribution >= 0.6 is 0 Å². The highest BCUT2D eigenvalue weighted by Crippen LogP contribution is 2.45. The molecule has 2 aliphatic heterocycles. The zero-order chi connectivity index (χ0) is 28.7. The molecule has 1 saturated heterocycles. The topological polar surface area (TPSA) is 108 Å². The number of nitrogens with zero attached hydrogens (tertiary/aromatic N) is 1. The van der Waals surface area contributed by atoms with Gasteiger partial charge in [0, 0.05) is 23.6 Å². The number of fused-ring (bicyclic) bond motifs is 2. The molecule has 40 heavy (non-hydrogen) atoms. The van der Waals surface area contributed by atoms with E-state index in [9.17, 15) is 19.5 Å². The zero-order valence-corrected chi connectivity index (χ0v) is 23.5. The van der Waals surface area contributed by atoms with E-state index in [1.54, 1.807) is 4.90 Å². The third kappa shape index (κ3) is 6.66. The fourth-order valence-electron chi connectivity index (χ4n) is 5.67. The Bertz CT molecular complexity index is 1190. The largest absolute Gasteiger partial charge is 0.488 e. The number of carbonyl (C=O) groups is 3. The molecule has 1 aromatic rings. The number of carboxylic acid groups (broad SMARTS) is 1. The van der Waals surface area contributed by atoms with Gasteiger partial charge >= 0.3 is 5.97 Å². The molecule has 4 rings (SSSR count). The average molecular weight is 548 g/mol. The highest BCUT2D eigenvalue weighted by Gasteiger charge is 2.61. The van der Waals surface area contributed by atoms with Crippen molar-refractivity contribution in [1.29, 1.82) is 0 Å². The molecule has 1 saturated carbocycles. The summed E-state index contributed by atoms with van der Waals surface area (Å²) in [6.45, 7) is 8.03. The van der Waals surface area contributed by atoms with Gasteiger partial charge in [0.15, 0.2) is 0 Å². The number of para-hydroxylation sites is 1. The molecule has 2 heterocycles. The molecule has 1 aliphatic carbocycles. The van der Waals surface area contributed by atoms with E-state index in [0.717, 1.165) is 31.4 Å². The lowest BCUT2D eigenvalue weighted by Gasteiger charge is -2.30. The summed E-state index contributed by atoms with van der Waals surface area (Å²) in [5, 5.41) is 16.2. The van der Waals surface area contributed by atoms with E-state index < -0.39 is 35.6 Å². The van der Waals surface area contributed by atoms with Crippen molar-refractivity contribution in [2.45, 2.75) is 82.5 Å². The summed E-state index contributed by atoms with van der Waals surface area (Å²) in [6.07, 6.45) is 13.8. The molecule has 0 spiro atoms. The Hall–Kier alpha value is -3.81. The molecule has 2 amide bonds. The second-order valence-corrected chi connectivity index (χ2v) is 10.9. The molecular weight excluding hydrogens is 506 g/mol. The quantitative estimate of drug-likeness (QED) is 0.253. The molecule has 2 fully saturated rings. The molecule has 0 unspecified atom stereocenters. The Morgan fingerprint density at radius 1 is 1.20 bits per heavy atom. The van der Waals surface area contributed by atoms with E-state index in [1.807, 2.05) is 74.6 Å². The van der Waals surface area contributed by atoms with Crippen LogP contribution in [0.2, 0.25) is 0 Å². The Morgan fingerprint density at radius 2 is 1.98 bits per heavy atom. The molecule has 8 nitrogen and oxygen atoms in total. The van der Waals surface area contributed by atoms with Gasteiger partial charge < -0.3 is 25.4 Å². The van der Waals surface area contributed by atoms with E-state index in [1.165, 1.54) is 0 Å². The van der Waals surface area contributed by atoms with Gasteiger partial charge in [0.05, 0.1) is 6.54 Å². The van der Waals surface area contributed by atoms with Gasteiger partial charge in [0.25, 0.3) is 0 Å². The number of rotatable bonds is 7. The summed E-state index contributed by atoms with van der Waals surface area (Å²) < 4.78 is 6.27. The predicted molar refractivity (Wildman–Crippen MR) is 155 cm³/mol. The minimum atomic E-state index is -1.34. The van der Waals surface area contributed by atoms with Crippen LogP contribution in [0.3, 0.4) is 0 Å². The lowest BCUT2D eigenvalue weighted by atomic mass is 10.0. The highest BCUT2D eigenvalue weighted by molar-refractivity contribution is 5.96. The van der Waals surface area contributed by atoms with Gasteiger partial charge in [-0.3, -0.25) is 9.59 Å². The van der Waals surface area contributed by atoms with Crippen molar-refractivity contribution < 1.29 is 24.2 Å². The van der Waals surface area contributed by atoms with E-state index >= 15 is 0 Å². The van der Waals surface area contributed by atoms with Gasteiger partial charge in [0.2, 0.25) is 11.8 Å². The lowest BCUT2D eigenvalue weighted by molar-refractivity contribution is -0.145. The van der Waals surface area contributed by atoms with Crippen LogP contribution in [0, 0.1) is 5.92 Å². The van der Waals surface area contributed by atoms with Crippen molar-refractivity contribution in [1.82, 2.24) is 10.2 Å². The molecule has 5 atom stereocenters. The van der Waals surface area contributed by atoms with Crippen molar-refractivity contribution in [3.05, 3.63) is 78.6 Å². The van der Waals surface area contributed by atoms with Crippen molar-refractivity contribution >= 4 is 23.5 Å². The fourth-order valence-corrected chi connectivity index (χ4v) is 5.67.